The van der Waals surface area contributed by atoms with Crippen molar-refractivity contribution in [2.75, 3.05) is 6.54 Å². The van der Waals surface area contributed by atoms with Crippen molar-refractivity contribution in [3.05, 3.63) is 71.3 Å². The first kappa shape index (κ1) is 15.7. The van der Waals surface area contributed by atoms with Gasteiger partial charge in [0.15, 0.2) is 0 Å². The van der Waals surface area contributed by atoms with Crippen molar-refractivity contribution in [3.63, 3.8) is 0 Å². The van der Waals surface area contributed by atoms with Crippen LogP contribution in [0.1, 0.15) is 35.4 Å². The SMILES string of the molecule is Cc1cccc(C(CN)C(O)CCCc2ccccc2)c1. The third-order valence-corrected chi connectivity index (χ3v) is 4.00. The molecule has 0 radical (unpaired) electrons. The summed E-state index contributed by atoms with van der Waals surface area (Å²) in [6.07, 6.45) is 2.39. The Labute approximate surface area is 127 Å². The zero-order valence-electron chi connectivity index (χ0n) is 12.7. The Morgan fingerprint density at radius 2 is 1.81 bits per heavy atom. The molecule has 2 heteroatoms. The molecule has 2 aromatic rings. The number of nitrogens with two attached hydrogens (primary N) is 1. The van der Waals surface area contributed by atoms with E-state index in [0.717, 1.165) is 24.8 Å². The quantitative estimate of drug-likeness (QED) is 0.818. The van der Waals surface area contributed by atoms with E-state index in [-0.39, 0.29) is 12.0 Å². The number of aliphatic hydroxyl groups is 1. The zero-order valence-corrected chi connectivity index (χ0v) is 12.7. The molecule has 2 aromatic carbocycles. The van der Waals surface area contributed by atoms with Crippen LogP contribution in [0.15, 0.2) is 54.6 Å². The van der Waals surface area contributed by atoms with Gasteiger partial charge in [-0.25, -0.2) is 0 Å². The second-order valence-electron chi connectivity index (χ2n) is 5.70. The minimum Gasteiger partial charge on any atom is -0.392 e. The largest absolute Gasteiger partial charge is 0.392 e. The summed E-state index contributed by atoms with van der Waals surface area (Å²) >= 11 is 0. The predicted molar refractivity (Wildman–Crippen MR) is 88.4 cm³/mol. The van der Waals surface area contributed by atoms with Crippen LogP contribution >= 0.6 is 0 Å². The van der Waals surface area contributed by atoms with Crippen LogP contribution < -0.4 is 5.73 Å². The summed E-state index contributed by atoms with van der Waals surface area (Å²) in [6.45, 7) is 2.55. The van der Waals surface area contributed by atoms with Gasteiger partial charge >= 0.3 is 0 Å². The lowest BCUT2D eigenvalue weighted by atomic mass is 9.89. The van der Waals surface area contributed by atoms with Crippen LogP contribution in [-0.4, -0.2) is 17.8 Å². The van der Waals surface area contributed by atoms with Gasteiger partial charge < -0.3 is 10.8 Å². The molecule has 0 bridgehead atoms. The molecule has 0 fully saturated rings. The van der Waals surface area contributed by atoms with Crippen molar-refractivity contribution >= 4 is 0 Å². The second kappa shape index (κ2) is 7.96. The van der Waals surface area contributed by atoms with E-state index in [1.54, 1.807) is 0 Å². The highest BCUT2D eigenvalue weighted by atomic mass is 16.3. The average molecular weight is 283 g/mol. The lowest BCUT2D eigenvalue weighted by molar-refractivity contribution is 0.133. The summed E-state index contributed by atoms with van der Waals surface area (Å²) < 4.78 is 0. The Bertz CT molecular complexity index is 538. The fourth-order valence-corrected chi connectivity index (χ4v) is 2.78. The fourth-order valence-electron chi connectivity index (χ4n) is 2.78. The highest BCUT2D eigenvalue weighted by Gasteiger charge is 2.19. The molecule has 2 rings (SSSR count). The molecular weight excluding hydrogens is 258 g/mol. The van der Waals surface area contributed by atoms with Gasteiger partial charge in [-0.3, -0.25) is 0 Å². The number of benzene rings is 2. The standard InChI is InChI=1S/C19H25NO/c1-15-7-5-11-17(13-15)18(14-20)19(21)12-6-10-16-8-3-2-4-9-16/h2-5,7-9,11,13,18-19,21H,6,10,12,14,20H2,1H3. The van der Waals surface area contributed by atoms with Crippen molar-refractivity contribution in [2.24, 2.45) is 5.73 Å². The van der Waals surface area contributed by atoms with Crippen LogP contribution in [-0.2, 0) is 6.42 Å². The molecule has 2 unspecified atom stereocenters. The molecule has 112 valence electrons. The molecule has 2 atom stereocenters. The lowest BCUT2D eigenvalue weighted by Gasteiger charge is -2.22. The topological polar surface area (TPSA) is 46.2 Å². The maximum absolute atomic E-state index is 10.5. The number of aliphatic hydroxyl groups excluding tert-OH is 1. The molecule has 21 heavy (non-hydrogen) atoms. The van der Waals surface area contributed by atoms with Crippen LogP contribution in [0.4, 0.5) is 0 Å². The van der Waals surface area contributed by atoms with Crippen molar-refractivity contribution in [1.29, 1.82) is 0 Å². The van der Waals surface area contributed by atoms with Crippen LogP contribution in [0.3, 0.4) is 0 Å². The summed E-state index contributed by atoms with van der Waals surface area (Å²) in [7, 11) is 0. The highest BCUT2D eigenvalue weighted by Crippen LogP contribution is 2.23. The highest BCUT2D eigenvalue weighted by molar-refractivity contribution is 5.26. The van der Waals surface area contributed by atoms with Crippen LogP contribution in [0.25, 0.3) is 0 Å². The van der Waals surface area contributed by atoms with E-state index in [1.165, 1.54) is 11.1 Å². The minimum atomic E-state index is -0.375. The Morgan fingerprint density at radius 1 is 1.05 bits per heavy atom. The molecular formula is C19H25NO. The van der Waals surface area contributed by atoms with Crippen LogP contribution in [0.5, 0.6) is 0 Å². The first-order valence-electron chi connectivity index (χ1n) is 7.69. The normalized spacial score (nSPS) is 13.9. The third kappa shape index (κ3) is 4.69. The van der Waals surface area contributed by atoms with Gasteiger partial charge in [0.05, 0.1) is 6.10 Å². The zero-order chi connectivity index (χ0) is 15.1. The monoisotopic (exact) mass is 283 g/mol. The van der Waals surface area contributed by atoms with Gasteiger partial charge in [-0.15, -0.1) is 0 Å². The van der Waals surface area contributed by atoms with Crippen molar-refractivity contribution in [2.45, 2.75) is 38.2 Å². The molecule has 2 nitrogen and oxygen atoms in total. The number of rotatable bonds is 7. The first-order chi connectivity index (χ1) is 10.2. The van der Waals surface area contributed by atoms with Gasteiger partial charge in [-0.2, -0.15) is 0 Å². The molecule has 3 N–H and O–H groups in total. The van der Waals surface area contributed by atoms with E-state index in [0.29, 0.717) is 6.54 Å². The number of aryl methyl sites for hydroxylation is 2. The summed E-state index contributed by atoms with van der Waals surface area (Å²) in [4.78, 5) is 0. The van der Waals surface area contributed by atoms with E-state index in [9.17, 15) is 5.11 Å². The van der Waals surface area contributed by atoms with Crippen molar-refractivity contribution < 1.29 is 5.11 Å². The van der Waals surface area contributed by atoms with Crippen LogP contribution in [0.2, 0.25) is 0 Å². The van der Waals surface area contributed by atoms with Gasteiger partial charge in [-0.1, -0.05) is 60.2 Å². The smallest absolute Gasteiger partial charge is 0.0621 e. The molecule has 0 saturated heterocycles. The van der Waals surface area contributed by atoms with Crippen molar-refractivity contribution in [1.82, 2.24) is 0 Å². The number of hydrogen-bond donors (Lipinski definition) is 2. The second-order valence-corrected chi connectivity index (χ2v) is 5.70. The minimum absolute atomic E-state index is 0.0284. The van der Waals surface area contributed by atoms with E-state index in [1.807, 2.05) is 12.1 Å². The first-order valence-corrected chi connectivity index (χ1v) is 7.69. The Kier molecular flexibility index (Phi) is 5.97. The van der Waals surface area contributed by atoms with E-state index < -0.39 is 0 Å². The van der Waals surface area contributed by atoms with E-state index in [2.05, 4.69) is 49.4 Å². The Hall–Kier alpha value is -1.64. The predicted octanol–water partition coefficient (Wildman–Crippen LogP) is 3.42. The lowest BCUT2D eigenvalue weighted by Crippen LogP contribution is -2.26. The summed E-state index contributed by atoms with van der Waals surface area (Å²) in [6, 6.07) is 18.7. The number of hydrogen-bond acceptors (Lipinski definition) is 2. The van der Waals surface area contributed by atoms with Gasteiger partial charge in [0.2, 0.25) is 0 Å². The summed E-state index contributed by atoms with van der Waals surface area (Å²) in [5, 5.41) is 10.5. The van der Waals surface area contributed by atoms with E-state index in [4.69, 9.17) is 5.73 Å². The fraction of sp³-hybridized carbons (Fsp3) is 0.368. The third-order valence-electron chi connectivity index (χ3n) is 4.00. The van der Waals surface area contributed by atoms with Gasteiger partial charge in [0.1, 0.15) is 0 Å². The summed E-state index contributed by atoms with van der Waals surface area (Å²) in [5.41, 5.74) is 9.56. The van der Waals surface area contributed by atoms with E-state index >= 15 is 0 Å². The maximum atomic E-state index is 10.5. The van der Waals surface area contributed by atoms with Crippen molar-refractivity contribution in [3.8, 4) is 0 Å². The Morgan fingerprint density at radius 3 is 2.48 bits per heavy atom. The maximum Gasteiger partial charge on any atom is 0.0621 e. The summed E-state index contributed by atoms with van der Waals surface area (Å²) in [5.74, 6) is 0.0284. The average Bonchev–Trinajstić information content (AvgIpc) is 2.49. The molecule has 0 heterocycles. The Balaban J connectivity index is 1.90. The van der Waals surface area contributed by atoms with Crippen LogP contribution in [0, 0.1) is 6.92 Å². The molecule has 0 aliphatic heterocycles. The molecule has 0 aromatic heterocycles. The molecule has 0 saturated carbocycles. The van der Waals surface area contributed by atoms with Gasteiger partial charge in [0.25, 0.3) is 0 Å². The van der Waals surface area contributed by atoms with Gasteiger partial charge in [-0.05, 0) is 37.3 Å². The molecule has 0 amide bonds. The molecule has 0 aliphatic carbocycles. The van der Waals surface area contributed by atoms with Gasteiger partial charge in [0, 0.05) is 12.5 Å². The molecule has 0 spiro atoms. The molecule has 0 aliphatic rings.